The van der Waals surface area contributed by atoms with Crippen LogP contribution in [0.3, 0.4) is 0 Å². The summed E-state index contributed by atoms with van der Waals surface area (Å²) in [6, 6.07) is 33.6. The first-order valence-electron chi connectivity index (χ1n) is 14.6. The van der Waals surface area contributed by atoms with Gasteiger partial charge < -0.3 is 24.1 Å². The zero-order chi connectivity index (χ0) is 32.7. The fourth-order valence-corrected chi connectivity index (χ4v) is 4.82. The molecular formula is C36H34O9S. The van der Waals surface area contributed by atoms with E-state index in [1.807, 2.05) is 30.3 Å². The van der Waals surface area contributed by atoms with E-state index in [1.165, 1.54) is 24.3 Å². The Balaban J connectivity index is 1.62. The van der Waals surface area contributed by atoms with Crippen LogP contribution < -0.4 is 0 Å². The maximum Gasteiger partial charge on any atom is 0.338 e. The van der Waals surface area contributed by atoms with E-state index < -0.39 is 54.2 Å². The molecule has 0 amide bonds. The fraction of sp³-hybridized carbons (Fsp3) is 0.222. The molecular weight excluding hydrogens is 608 g/mol. The summed E-state index contributed by atoms with van der Waals surface area (Å²) >= 11 is 4.64. The highest BCUT2D eigenvalue weighted by atomic mass is 32.1. The van der Waals surface area contributed by atoms with Gasteiger partial charge in [-0.25, -0.2) is 14.4 Å². The summed E-state index contributed by atoms with van der Waals surface area (Å²) in [7, 11) is 0. The van der Waals surface area contributed by atoms with Crippen LogP contribution in [-0.4, -0.2) is 72.2 Å². The van der Waals surface area contributed by atoms with E-state index in [2.05, 4.69) is 12.6 Å². The fourth-order valence-electron chi connectivity index (χ4n) is 4.53. The average molecular weight is 643 g/mol. The number of aliphatic hydroxyl groups excluding tert-OH is 1. The largest absolute Gasteiger partial charge is 0.459 e. The normalized spacial score (nSPS) is 14.1. The van der Waals surface area contributed by atoms with Gasteiger partial charge in [0.25, 0.3) is 0 Å². The smallest absolute Gasteiger partial charge is 0.338 e. The van der Waals surface area contributed by atoms with Crippen LogP contribution in [0.4, 0.5) is 0 Å². The number of thiol groups is 1. The topological polar surface area (TPSA) is 125 Å². The highest BCUT2D eigenvalue weighted by Gasteiger charge is 2.41. The number of hydrogen-bond acceptors (Lipinski definition) is 10. The molecule has 0 spiro atoms. The zero-order valence-electron chi connectivity index (χ0n) is 24.8. The second-order valence-corrected chi connectivity index (χ2v) is 11.0. The molecule has 5 atom stereocenters. The van der Waals surface area contributed by atoms with Crippen LogP contribution in [0.2, 0.25) is 0 Å². The molecule has 4 aromatic carbocycles. The minimum absolute atomic E-state index is 0.0915. The van der Waals surface area contributed by atoms with Gasteiger partial charge in [0.05, 0.1) is 23.3 Å². The highest BCUT2D eigenvalue weighted by Crippen LogP contribution is 2.21. The lowest BCUT2D eigenvalue weighted by Crippen LogP contribution is -2.52. The minimum Gasteiger partial charge on any atom is -0.459 e. The number of hydrogen-bond donors (Lipinski definition) is 2. The Hall–Kier alpha value is -4.77. The summed E-state index contributed by atoms with van der Waals surface area (Å²) in [6.45, 7) is -0.724. The minimum atomic E-state index is -1.70. The number of benzene rings is 4. The molecule has 0 radical (unpaired) electrons. The predicted molar refractivity (Wildman–Crippen MR) is 173 cm³/mol. The van der Waals surface area contributed by atoms with Crippen LogP contribution in [0, 0.1) is 0 Å². The summed E-state index contributed by atoms with van der Waals surface area (Å²) in [6.07, 6.45) is -5.67. The third kappa shape index (κ3) is 10.1. The predicted octanol–water partition coefficient (Wildman–Crippen LogP) is 4.78. The molecule has 0 saturated heterocycles. The van der Waals surface area contributed by atoms with Gasteiger partial charge in [0.15, 0.2) is 18.5 Å². The number of esters is 3. The lowest BCUT2D eigenvalue weighted by atomic mass is 10.0. The quantitative estimate of drug-likeness (QED) is 0.0769. The van der Waals surface area contributed by atoms with E-state index in [1.54, 1.807) is 66.7 Å². The van der Waals surface area contributed by atoms with Crippen molar-refractivity contribution in [2.24, 2.45) is 0 Å². The first-order valence-corrected chi connectivity index (χ1v) is 15.1. The Morgan fingerprint density at radius 2 is 1.09 bits per heavy atom. The molecule has 0 heterocycles. The van der Waals surface area contributed by atoms with E-state index in [4.69, 9.17) is 18.9 Å². The second kappa shape index (κ2) is 17.6. The van der Waals surface area contributed by atoms with Crippen molar-refractivity contribution in [2.45, 2.75) is 36.1 Å². The number of carbonyl (C=O) groups is 4. The standard InChI is InChI=1S/C36H34O9S/c37-22-31(44-35(40)27-17-9-3-10-18-27)33(42-23-29(46)21-25-13-5-1-6-14-25)32(45-36(41)28-19-11-4-12-20-28)30(38)24-43-34(39)26-15-7-2-8-16-26/h1-20,22,29-33,38,46H,21,23-24H2/t29?,30-,31+,32-,33-/m1/s1. The van der Waals surface area contributed by atoms with Crippen molar-refractivity contribution in [1.82, 2.24) is 0 Å². The third-order valence-corrected chi connectivity index (χ3v) is 7.19. The van der Waals surface area contributed by atoms with Gasteiger partial charge in [-0.2, -0.15) is 12.6 Å². The van der Waals surface area contributed by atoms with E-state index in [9.17, 15) is 24.3 Å². The number of aliphatic hydroxyl groups is 1. The molecule has 1 unspecified atom stereocenters. The Morgan fingerprint density at radius 1 is 0.630 bits per heavy atom. The summed E-state index contributed by atoms with van der Waals surface area (Å²) in [5.41, 5.74) is 1.53. The van der Waals surface area contributed by atoms with Crippen LogP contribution >= 0.6 is 12.6 Å². The van der Waals surface area contributed by atoms with Crippen molar-refractivity contribution >= 4 is 36.8 Å². The van der Waals surface area contributed by atoms with Gasteiger partial charge in [0.2, 0.25) is 0 Å². The highest BCUT2D eigenvalue weighted by molar-refractivity contribution is 7.81. The van der Waals surface area contributed by atoms with Crippen molar-refractivity contribution < 1.29 is 43.2 Å². The lowest BCUT2D eigenvalue weighted by molar-refractivity contribution is -0.153. The maximum atomic E-state index is 13.2. The first kappa shape index (κ1) is 34.1. The van der Waals surface area contributed by atoms with Gasteiger partial charge in [-0.1, -0.05) is 84.9 Å². The molecule has 0 aliphatic rings. The Bertz CT molecular complexity index is 1540. The molecule has 10 heteroatoms. The summed E-state index contributed by atoms with van der Waals surface area (Å²) in [5, 5.41) is 11.0. The summed E-state index contributed by atoms with van der Waals surface area (Å²) in [4.78, 5) is 51.4. The van der Waals surface area contributed by atoms with Crippen molar-refractivity contribution in [3.63, 3.8) is 0 Å². The number of aldehydes is 1. The van der Waals surface area contributed by atoms with Crippen molar-refractivity contribution in [1.29, 1.82) is 0 Å². The number of carbonyl (C=O) groups excluding carboxylic acids is 4. The van der Waals surface area contributed by atoms with E-state index in [-0.39, 0.29) is 23.3 Å². The second-order valence-electron chi connectivity index (χ2n) is 10.3. The summed E-state index contributed by atoms with van der Waals surface area (Å²) < 4.78 is 22.7. The molecule has 9 nitrogen and oxygen atoms in total. The van der Waals surface area contributed by atoms with Gasteiger partial charge in [-0.15, -0.1) is 0 Å². The third-order valence-electron chi connectivity index (χ3n) is 6.86. The van der Waals surface area contributed by atoms with Crippen molar-refractivity contribution in [3.8, 4) is 0 Å². The van der Waals surface area contributed by atoms with Crippen molar-refractivity contribution in [2.75, 3.05) is 13.2 Å². The van der Waals surface area contributed by atoms with Crippen LogP contribution in [0.15, 0.2) is 121 Å². The lowest BCUT2D eigenvalue weighted by Gasteiger charge is -2.33. The van der Waals surface area contributed by atoms with Gasteiger partial charge in [0.1, 0.15) is 18.8 Å². The molecule has 0 bridgehead atoms. The van der Waals surface area contributed by atoms with Gasteiger partial charge in [-0.05, 0) is 48.4 Å². The first-order chi connectivity index (χ1) is 22.4. The molecule has 0 fully saturated rings. The van der Waals surface area contributed by atoms with Gasteiger partial charge in [-0.3, -0.25) is 4.79 Å². The molecule has 0 aliphatic heterocycles. The van der Waals surface area contributed by atoms with E-state index in [0.29, 0.717) is 12.7 Å². The average Bonchev–Trinajstić information content (AvgIpc) is 3.10. The van der Waals surface area contributed by atoms with Gasteiger partial charge >= 0.3 is 17.9 Å². The maximum absolute atomic E-state index is 13.2. The Kier molecular flexibility index (Phi) is 13.1. The van der Waals surface area contributed by atoms with Crippen LogP contribution in [0.25, 0.3) is 0 Å². The molecule has 1 N–H and O–H groups in total. The SMILES string of the molecule is O=C[C@H](OC(=O)c1ccccc1)[C@@H](OCC(S)Cc1ccccc1)[C@H](OC(=O)c1ccccc1)[C@H](O)COC(=O)c1ccccc1. The van der Waals surface area contributed by atoms with Gasteiger partial charge in [0, 0.05) is 5.25 Å². The molecule has 0 aliphatic carbocycles. The molecule has 4 aromatic rings. The monoisotopic (exact) mass is 642 g/mol. The number of ether oxygens (including phenoxy) is 4. The van der Waals surface area contributed by atoms with Crippen LogP contribution in [0.5, 0.6) is 0 Å². The molecule has 0 aromatic heterocycles. The van der Waals surface area contributed by atoms with E-state index >= 15 is 0 Å². The molecule has 238 valence electrons. The zero-order valence-corrected chi connectivity index (χ0v) is 25.7. The Morgan fingerprint density at radius 3 is 1.59 bits per heavy atom. The molecule has 0 saturated carbocycles. The molecule has 4 rings (SSSR count). The number of rotatable bonds is 16. The summed E-state index contributed by atoms with van der Waals surface area (Å²) in [5.74, 6) is -2.42. The Labute approximate surface area is 272 Å². The van der Waals surface area contributed by atoms with Crippen LogP contribution in [-0.2, 0) is 30.2 Å². The van der Waals surface area contributed by atoms with Crippen molar-refractivity contribution in [3.05, 3.63) is 144 Å². The molecule has 46 heavy (non-hydrogen) atoms. The van der Waals surface area contributed by atoms with E-state index in [0.717, 1.165) is 5.56 Å². The van der Waals surface area contributed by atoms with Crippen LogP contribution in [0.1, 0.15) is 36.6 Å².